The molecule has 0 unspecified atom stereocenters. The quantitative estimate of drug-likeness (QED) is 0.678. The molecule has 1 aliphatic rings. The van der Waals surface area contributed by atoms with Gasteiger partial charge in [0.05, 0.1) is 4.92 Å². The fraction of sp³-hybridized carbons (Fsp3) is 0.600. The molecule has 1 N–H and O–H groups in total. The molecular weight excluding hydrogens is 254 g/mol. The molecule has 0 aromatic heterocycles. The highest BCUT2D eigenvalue weighted by atomic mass is 16.6. The van der Waals surface area contributed by atoms with Crippen molar-refractivity contribution < 1.29 is 4.92 Å². The van der Waals surface area contributed by atoms with Gasteiger partial charge in [0.2, 0.25) is 0 Å². The average Bonchev–Trinajstić information content (AvgIpc) is 2.43. The van der Waals surface area contributed by atoms with Crippen molar-refractivity contribution in [3.8, 4) is 0 Å². The van der Waals surface area contributed by atoms with E-state index in [0.29, 0.717) is 0 Å². The van der Waals surface area contributed by atoms with Gasteiger partial charge in [0, 0.05) is 36.8 Å². The Balaban J connectivity index is 2.05. The highest BCUT2D eigenvalue weighted by Gasteiger charge is 2.28. The fourth-order valence-electron chi connectivity index (χ4n) is 2.73. The predicted molar refractivity (Wildman–Crippen MR) is 79.8 cm³/mol. The van der Waals surface area contributed by atoms with Crippen molar-refractivity contribution in [1.82, 2.24) is 10.2 Å². The number of nitrogens with zero attached hydrogens (tertiary/aromatic N) is 2. The van der Waals surface area contributed by atoms with Crippen LogP contribution in [0.3, 0.4) is 0 Å². The summed E-state index contributed by atoms with van der Waals surface area (Å²) < 4.78 is 0. The molecule has 110 valence electrons. The summed E-state index contributed by atoms with van der Waals surface area (Å²) >= 11 is 0. The zero-order valence-corrected chi connectivity index (χ0v) is 12.5. The van der Waals surface area contributed by atoms with Crippen LogP contribution in [-0.4, -0.2) is 35.5 Å². The van der Waals surface area contributed by atoms with Gasteiger partial charge in [0.25, 0.3) is 5.69 Å². The number of nitro benzene ring substituents is 1. The van der Waals surface area contributed by atoms with Gasteiger partial charge in [-0.1, -0.05) is 12.1 Å². The zero-order chi connectivity index (χ0) is 14.8. The molecule has 1 aliphatic heterocycles. The number of benzene rings is 1. The molecule has 20 heavy (non-hydrogen) atoms. The maximum absolute atomic E-state index is 11.0. The third-order valence-electron chi connectivity index (χ3n) is 4.57. The van der Waals surface area contributed by atoms with Gasteiger partial charge in [0.1, 0.15) is 0 Å². The van der Waals surface area contributed by atoms with E-state index in [1.165, 1.54) is 0 Å². The lowest BCUT2D eigenvalue weighted by molar-refractivity contribution is -0.385. The number of likely N-dealkylation sites (tertiary alicyclic amines) is 1. The van der Waals surface area contributed by atoms with Crippen LogP contribution in [0.4, 0.5) is 5.69 Å². The van der Waals surface area contributed by atoms with E-state index in [4.69, 9.17) is 0 Å². The number of nitro groups is 1. The van der Waals surface area contributed by atoms with Crippen molar-refractivity contribution in [2.24, 2.45) is 0 Å². The van der Waals surface area contributed by atoms with E-state index in [9.17, 15) is 10.1 Å². The van der Waals surface area contributed by atoms with Crippen LogP contribution in [0.25, 0.3) is 0 Å². The summed E-state index contributed by atoms with van der Waals surface area (Å²) in [5.41, 5.74) is 2.31. The molecule has 1 aromatic carbocycles. The molecule has 1 heterocycles. The molecule has 1 aromatic rings. The third kappa shape index (κ3) is 3.16. The van der Waals surface area contributed by atoms with Gasteiger partial charge in [-0.2, -0.15) is 0 Å². The number of nitrogens with one attached hydrogen (secondary N) is 1. The Labute approximate surface area is 120 Å². The second-order valence-corrected chi connectivity index (χ2v) is 5.91. The topological polar surface area (TPSA) is 58.4 Å². The average molecular weight is 277 g/mol. The van der Waals surface area contributed by atoms with E-state index in [2.05, 4.69) is 17.1 Å². The standard InChI is InChI=1S/C15H23N3O2/c1-12-13(5-4-6-14(12)18(19)20)11-17-9-7-15(2,16-3)8-10-17/h4-6,16H,7-11H2,1-3H3. The first-order chi connectivity index (χ1) is 9.45. The Kier molecular flexibility index (Phi) is 4.40. The minimum absolute atomic E-state index is 0.222. The summed E-state index contributed by atoms with van der Waals surface area (Å²) in [4.78, 5) is 13.1. The van der Waals surface area contributed by atoms with Crippen molar-refractivity contribution in [2.45, 2.75) is 38.8 Å². The predicted octanol–water partition coefficient (Wildman–Crippen LogP) is 2.48. The monoisotopic (exact) mass is 277 g/mol. The van der Waals surface area contributed by atoms with E-state index >= 15 is 0 Å². The summed E-state index contributed by atoms with van der Waals surface area (Å²) in [6.45, 7) is 6.95. The number of hydrogen-bond donors (Lipinski definition) is 1. The van der Waals surface area contributed by atoms with Crippen LogP contribution in [0.2, 0.25) is 0 Å². The van der Waals surface area contributed by atoms with Crippen LogP contribution in [0.15, 0.2) is 18.2 Å². The Morgan fingerprint density at radius 1 is 1.40 bits per heavy atom. The Bertz CT molecular complexity index is 494. The lowest BCUT2D eigenvalue weighted by Gasteiger charge is -2.39. The Hall–Kier alpha value is -1.46. The van der Waals surface area contributed by atoms with Crippen molar-refractivity contribution in [3.63, 3.8) is 0 Å². The van der Waals surface area contributed by atoms with Crippen LogP contribution in [0.1, 0.15) is 30.9 Å². The number of hydrogen-bond acceptors (Lipinski definition) is 4. The molecular formula is C15H23N3O2. The van der Waals surface area contributed by atoms with Gasteiger partial charge < -0.3 is 5.32 Å². The number of rotatable bonds is 4. The first-order valence-corrected chi connectivity index (χ1v) is 7.09. The van der Waals surface area contributed by atoms with E-state index < -0.39 is 0 Å². The van der Waals surface area contributed by atoms with E-state index in [1.807, 2.05) is 20.0 Å². The van der Waals surface area contributed by atoms with E-state index in [0.717, 1.165) is 43.6 Å². The second kappa shape index (κ2) is 5.89. The molecule has 0 aliphatic carbocycles. The molecule has 5 heteroatoms. The Morgan fingerprint density at radius 3 is 2.60 bits per heavy atom. The highest BCUT2D eigenvalue weighted by Crippen LogP contribution is 2.26. The van der Waals surface area contributed by atoms with Gasteiger partial charge in [0.15, 0.2) is 0 Å². The summed E-state index contributed by atoms with van der Waals surface area (Å²) in [6, 6.07) is 5.35. The normalized spacial score (nSPS) is 18.9. The van der Waals surface area contributed by atoms with Crippen LogP contribution in [-0.2, 0) is 6.54 Å². The summed E-state index contributed by atoms with van der Waals surface area (Å²) in [5, 5.41) is 14.4. The third-order valence-corrected chi connectivity index (χ3v) is 4.57. The second-order valence-electron chi connectivity index (χ2n) is 5.91. The van der Waals surface area contributed by atoms with Gasteiger partial charge in [-0.3, -0.25) is 15.0 Å². The van der Waals surface area contributed by atoms with Gasteiger partial charge in [-0.05, 0) is 39.3 Å². The summed E-state index contributed by atoms with van der Waals surface area (Å²) in [7, 11) is 2.01. The van der Waals surface area contributed by atoms with Gasteiger partial charge in [-0.25, -0.2) is 0 Å². The van der Waals surface area contributed by atoms with Gasteiger partial charge >= 0.3 is 0 Å². The summed E-state index contributed by atoms with van der Waals surface area (Å²) in [6.07, 6.45) is 2.22. The number of piperidine rings is 1. The molecule has 0 spiro atoms. The SMILES string of the molecule is CNC1(C)CCN(Cc2cccc([N+](=O)[O-])c2C)CC1. The molecule has 2 rings (SSSR count). The smallest absolute Gasteiger partial charge is 0.272 e. The largest absolute Gasteiger partial charge is 0.314 e. The molecule has 0 radical (unpaired) electrons. The van der Waals surface area contributed by atoms with Crippen molar-refractivity contribution in [1.29, 1.82) is 0 Å². The first kappa shape index (κ1) is 14.9. The van der Waals surface area contributed by atoms with Crippen molar-refractivity contribution >= 4 is 5.69 Å². The maximum Gasteiger partial charge on any atom is 0.272 e. The van der Waals surface area contributed by atoms with Crippen molar-refractivity contribution in [2.75, 3.05) is 20.1 Å². The highest BCUT2D eigenvalue weighted by molar-refractivity contribution is 5.44. The molecule has 1 saturated heterocycles. The molecule has 0 atom stereocenters. The summed E-state index contributed by atoms with van der Waals surface area (Å²) in [5.74, 6) is 0. The lowest BCUT2D eigenvalue weighted by Crippen LogP contribution is -2.49. The zero-order valence-electron chi connectivity index (χ0n) is 12.5. The molecule has 0 amide bonds. The fourth-order valence-corrected chi connectivity index (χ4v) is 2.73. The van der Waals surface area contributed by atoms with Crippen LogP contribution < -0.4 is 5.32 Å². The van der Waals surface area contributed by atoms with Gasteiger partial charge in [-0.15, -0.1) is 0 Å². The van der Waals surface area contributed by atoms with Crippen LogP contribution in [0, 0.1) is 17.0 Å². The van der Waals surface area contributed by atoms with E-state index in [-0.39, 0.29) is 16.1 Å². The minimum Gasteiger partial charge on any atom is -0.314 e. The lowest BCUT2D eigenvalue weighted by atomic mass is 9.89. The molecule has 5 nitrogen and oxygen atoms in total. The van der Waals surface area contributed by atoms with Crippen LogP contribution >= 0.6 is 0 Å². The maximum atomic E-state index is 11.0. The van der Waals surface area contributed by atoms with E-state index in [1.54, 1.807) is 12.1 Å². The van der Waals surface area contributed by atoms with Crippen molar-refractivity contribution in [3.05, 3.63) is 39.4 Å². The molecule has 0 saturated carbocycles. The molecule has 0 bridgehead atoms. The molecule has 1 fully saturated rings. The van der Waals surface area contributed by atoms with Crippen LogP contribution in [0.5, 0.6) is 0 Å². The first-order valence-electron chi connectivity index (χ1n) is 7.09. The Morgan fingerprint density at radius 2 is 2.05 bits per heavy atom. The minimum atomic E-state index is -0.299.